The molecule has 0 radical (unpaired) electrons. The van der Waals surface area contributed by atoms with Crippen molar-refractivity contribution >= 4 is 11.4 Å². The van der Waals surface area contributed by atoms with Crippen LogP contribution in [0.5, 0.6) is 0 Å². The monoisotopic (exact) mass is 635 g/mol. The highest BCUT2D eigenvalue weighted by molar-refractivity contribution is 5.97. The van der Waals surface area contributed by atoms with Gasteiger partial charge in [-0.15, -0.1) is 0 Å². The molecule has 2 aliphatic rings. The first-order valence-electron chi connectivity index (χ1n) is 17.3. The molecule has 234 valence electrons. The van der Waals surface area contributed by atoms with E-state index in [4.69, 9.17) is 0 Å². The highest BCUT2D eigenvalue weighted by atomic mass is 14.9. The minimum Gasteiger partial charge on any atom is -0.355 e. The lowest BCUT2D eigenvalue weighted by Gasteiger charge is -2.30. The van der Waals surface area contributed by atoms with Gasteiger partial charge in [-0.2, -0.15) is 0 Å². The predicted molar refractivity (Wildman–Crippen MR) is 209 cm³/mol. The van der Waals surface area contributed by atoms with Crippen molar-refractivity contribution in [2.24, 2.45) is 0 Å². The molecular formula is C49H33N. The summed E-state index contributed by atoms with van der Waals surface area (Å²) in [6.45, 7) is 0. The van der Waals surface area contributed by atoms with Gasteiger partial charge in [0.1, 0.15) is 0 Å². The van der Waals surface area contributed by atoms with E-state index in [2.05, 4.69) is 199 Å². The molecule has 0 saturated heterocycles. The van der Waals surface area contributed by atoms with Gasteiger partial charge in [0.2, 0.25) is 0 Å². The molecule has 1 N–H and O–H groups in total. The van der Waals surface area contributed by atoms with Crippen molar-refractivity contribution in [3.8, 4) is 55.6 Å². The fourth-order valence-electron chi connectivity index (χ4n) is 8.50. The van der Waals surface area contributed by atoms with Crippen LogP contribution in [0.15, 0.2) is 194 Å². The summed E-state index contributed by atoms with van der Waals surface area (Å²) in [4.78, 5) is 0. The van der Waals surface area contributed by atoms with Gasteiger partial charge in [0.25, 0.3) is 0 Å². The zero-order chi connectivity index (χ0) is 33.1. The molecule has 1 nitrogen and oxygen atoms in total. The Morgan fingerprint density at radius 3 is 1.26 bits per heavy atom. The van der Waals surface area contributed by atoms with Crippen molar-refractivity contribution in [3.05, 3.63) is 216 Å². The molecule has 8 aromatic rings. The molecule has 0 aromatic heterocycles. The first kappa shape index (κ1) is 28.6. The fraction of sp³-hybridized carbons (Fsp3) is 0.0204. The van der Waals surface area contributed by atoms with Gasteiger partial charge < -0.3 is 5.32 Å². The Morgan fingerprint density at radius 2 is 0.700 bits per heavy atom. The Balaban J connectivity index is 1.17. The Bertz CT molecular complexity index is 2450. The van der Waals surface area contributed by atoms with Crippen molar-refractivity contribution in [2.75, 3.05) is 5.32 Å². The average molecular weight is 636 g/mol. The normalized spacial score (nSPS) is 13.0. The van der Waals surface area contributed by atoms with Crippen LogP contribution in [0, 0.1) is 0 Å². The summed E-state index contributed by atoms with van der Waals surface area (Å²) >= 11 is 0. The molecule has 0 heterocycles. The van der Waals surface area contributed by atoms with Gasteiger partial charge in [0, 0.05) is 11.4 Å². The predicted octanol–water partition coefficient (Wildman–Crippen LogP) is 12.8. The van der Waals surface area contributed by atoms with Crippen molar-refractivity contribution in [1.29, 1.82) is 0 Å². The van der Waals surface area contributed by atoms with Crippen LogP contribution in [0.3, 0.4) is 0 Å². The molecule has 0 atom stereocenters. The maximum Gasteiger partial charge on any atom is 0.0725 e. The van der Waals surface area contributed by atoms with Crippen molar-refractivity contribution in [1.82, 2.24) is 0 Å². The largest absolute Gasteiger partial charge is 0.355 e. The molecule has 0 aliphatic heterocycles. The molecule has 0 fully saturated rings. The summed E-state index contributed by atoms with van der Waals surface area (Å²) < 4.78 is 0. The van der Waals surface area contributed by atoms with Gasteiger partial charge in [0.05, 0.1) is 5.41 Å². The average Bonchev–Trinajstić information content (AvgIpc) is 3.65. The minimum atomic E-state index is -0.376. The van der Waals surface area contributed by atoms with Crippen molar-refractivity contribution in [2.45, 2.75) is 5.41 Å². The summed E-state index contributed by atoms with van der Waals surface area (Å²) in [5.74, 6) is 0. The van der Waals surface area contributed by atoms with Crippen LogP contribution in [-0.4, -0.2) is 0 Å². The Labute approximate surface area is 293 Å². The second kappa shape index (κ2) is 11.3. The van der Waals surface area contributed by atoms with E-state index in [0.717, 1.165) is 11.4 Å². The molecular weight excluding hydrogens is 603 g/mol. The summed E-state index contributed by atoms with van der Waals surface area (Å²) in [5.41, 5.74) is 19.6. The highest BCUT2D eigenvalue weighted by Crippen LogP contribution is 2.63. The second-order valence-electron chi connectivity index (χ2n) is 13.4. The maximum absolute atomic E-state index is 3.85. The SMILES string of the molecule is c1ccc(-c2cc(Nc3ccc4c(c3)-c3cc(-c5ccccc5)ccc3C43c4ccccc4-c4ccccc43)cc(-c3ccccc3)c2)cc1. The zero-order valence-electron chi connectivity index (χ0n) is 27.5. The molecule has 0 saturated carbocycles. The summed E-state index contributed by atoms with van der Waals surface area (Å²) in [5, 5.41) is 3.85. The smallest absolute Gasteiger partial charge is 0.0725 e. The maximum atomic E-state index is 3.85. The van der Waals surface area contributed by atoms with Crippen LogP contribution in [-0.2, 0) is 5.41 Å². The third-order valence-electron chi connectivity index (χ3n) is 10.6. The number of fused-ring (bicyclic) bond motifs is 10. The molecule has 1 spiro atoms. The second-order valence-corrected chi connectivity index (χ2v) is 13.4. The van der Waals surface area contributed by atoms with Gasteiger partial charge in [-0.3, -0.25) is 0 Å². The lowest BCUT2D eigenvalue weighted by Crippen LogP contribution is -2.25. The first-order chi connectivity index (χ1) is 24.8. The van der Waals surface area contributed by atoms with E-state index in [9.17, 15) is 0 Å². The van der Waals surface area contributed by atoms with Crippen LogP contribution in [0.2, 0.25) is 0 Å². The minimum absolute atomic E-state index is 0.376. The number of anilines is 2. The lowest BCUT2D eigenvalue weighted by molar-refractivity contribution is 0.794. The quantitative estimate of drug-likeness (QED) is 0.198. The Hall–Kier alpha value is -6.44. The molecule has 0 bridgehead atoms. The van der Waals surface area contributed by atoms with Gasteiger partial charge in [-0.05, 0) is 114 Å². The number of hydrogen-bond acceptors (Lipinski definition) is 1. The van der Waals surface area contributed by atoms with Crippen LogP contribution >= 0.6 is 0 Å². The highest BCUT2D eigenvalue weighted by Gasteiger charge is 2.51. The van der Waals surface area contributed by atoms with Gasteiger partial charge >= 0.3 is 0 Å². The van der Waals surface area contributed by atoms with Crippen molar-refractivity contribution in [3.63, 3.8) is 0 Å². The molecule has 0 amide bonds. The van der Waals surface area contributed by atoms with Crippen LogP contribution in [0.1, 0.15) is 22.3 Å². The van der Waals surface area contributed by atoms with Crippen LogP contribution < -0.4 is 5.32 Å². The summed E-state index contributed by atoms with van der Waals surface area (Å²) in [7, 11) is 0. The molecule has 0 unspecified atom stereocenters. The zero-order valence-corrected chi connectivity index (χ0v) is 27.5. The van der Waals surface area contributed by atoms with E-state index in [0.29, 0.717) is 0 Å². The first-order valence-corrected chi connectivity index (χ1v) is 17.3. The summed E-state index contributed by atoms with van der Waals surface area (Å²) in [6.07, 6.45) is 0. The standard InChI is InChI=1S/C49H33N/c1-4-14-33(15-5-1)36-24-26-47-43(31-36)44-32-39(25-27-48(44)49(47)45-22-12-10-20-41(45)42-21-11-13-23-46(42)49)50-40-29-37(34-16-6-2-7-17-34)28-38(30-40)35-18-8-3-9-19-35/h1-32,50H. The van der Waals surface area contributed by atoms with Gasteiger partial charge in [-0.25, -0.2) is 0 Å². The lowest BCUT2D eigenvalue weighted by atomic mass is 9.70. The van der Waals surface area contributed by atoms with Gasteiger partial charge in [-0.1, -0.05) is 158 Å². The topological polar surface area (TPSA) is 12.0 Å². The van der Waals surface area contributed by atoms with E-state index in [1.807, 2.05) is 0 Å². The number of rotatable bonds is 5. The third-order valence-corrected chi connectivity index (χ3v) is 10.6. The molecule has 1 heteroatoms. The molecule has 10 rings (SSSR count). The van der Waals surface area contributed by atoms with E-state index in [1.54, 1.807) is 0 Å². The molecule has 50 heavy (non-hydrogen) atoms. The Kier molecular flexibility index (Phi) is 6.47. The number of hydrogen-bond donors (Lipinski definition) is 1. The van der Waals surface area contributed by atoms with E-state index >= 15 is 0 Å². The molecule has 8 aromatic carbocycles. The molecule has 2 aliphatic carbocycles. The fourth-order valence-corrected chi connectivity index (χ4v) is 8.50. The van der Waals surface area contributed by atoms with Crippen molar-refractivity contribution < 1.29 is 0 Å². The van der Waals surface area contributed by atoms with E-state index in [1.165, 1.54) is 77.9 Å². The van der Waals surface area contributed by atoms with E-state index in [-0.39, 0.29) is 5.41 Å². The van der Waals surface area contributed by atoms with Crippen LogP contribution in [0.4, 0.5) is 11.4 Å². The summed E-state index contributed by atoms with van der Waals surface area (Å²) in [6, 6.07) is 71.0. The third kappa shape index (κ3) is 4.34. The van der Waals surface area contributed by atoms with E-state index < -0.39 is 0 Å². The Morgan fingerprint density at radius 1 is 0.260 bits per heavy atom. The number of nitrogens with one attached hydrogen (secondary N) is 1. The van der Waals surface area contributed by atoms with Gasteiger partial charge in [0.15, 0.2) is 0 Å². The van der Waals surface area contributed by atoms with Crippen LogP contribution in [0.25, 0.3) is 55.6 Å². The number of benzene rings is 8.